The summed E-state index contributed by atoms with van der Waals surface area (Å²) in [5.74, 6) is 0.802. The van der Waals surface area contributed by atoms with E-state index in [9.17, 15) is 14.4 Å². The lowest BCUT2D eigenvalue weighted by Crippen LogP contribution is -2.53. The van der Waals surface area contributed by atoms with Gasteiger partial charge >= 0.3 is 6.03 Å². The first-order chi connectivity index (χ1) is 16.0. The number of amides is 4. The Balaban J connectivity index is 1.56. The molecule has 10 nitrogen and oxygen atoms in total. The monoisotopic (exact) mass is 466 g/mol. The maximum Gasteiger partial charge on any atom is 0.321 e. The Morgan fingerprint density at radius 2 is 2.00 bits per heavy atom. The zero-order valence-electron chi connectivity index (χ0n) is 17.8. The second kappa shape index (κ2) is 10.2. The van der Waals surface area contributed by atoms with Gasteiger partial charge in [0.15, 0.2) is 5.16 Å². The van der Waals surface area contributed by atoms with Gasteiger partial charge in [0, 0.05) is 30.6 Å². The summed E-state index contributed by atoms with van der Waals surface area (Å²) in [5, 5.41) is 16.9. The predicted octanol–water partition coefficient (Wildman–Crippen LogP) is 2.15. The summed E-state index contributed by atoms with van der Waals surface area (Å²) in [6, 6.07) is 15.6. The van der Waals surface area contributed by atoms with Gasteiger partial charge in [-0.3, -0.25) is 19.5 Å². The molecule has 0 radical (unpaired) electrons. The minimum atomic E-state index is -0.532. The fourth-order valence-electron chi connectivity index (χ4n) is 3.40. The van der Waals surface area contributed by atoms with Crippen LogP contribution < -0.4 is 20.7 Å². The standard InChI is InChI=1S/C22H22N6O4S/c1-32-17-9-5-8-16(12-17)28-18(10-15-11-19(29)25-21(31)24-15)26-27-22(28)33-13-20(30)23-14-6-3-2-4-7-14/h2-9,12,15H,10-11,13H2,1H3,(H,23,30)(H2,24,25,29,31). The number of nitrogens with one attached hydrogen (secondary N) is 3. The lowest BCUT2D eigenvalue weighted by Gasteiger charge is -2.23. The average Bonchev–Trinajstić information content (AvgIpc) is 3.20. The highest BCUT2D eigenvalue weighted by atomic mass is 32.2. The molecule has 0 spiro atoms. The van der Waals surface area contributed by atoms with Crippen LogP contribution in [0.5, 0.6) is 5.75 Å². The van der Waals surface area contributed by atoms with Gasteiger partial charge in [-0.1, -0.05) is 36.0 Å². The van der Waals surface area contributed by atoms with Crippen LogP contribution in [0.15, 0.2) is 59.8 Å². The van der Waals surface area contributed by atoms with Crippen LogP contribution in [0.1, 0.15) is 12.2 Å². The smallest absolute Gasteiger partial charge is 0.321 e. The van der Waals surface area contributed by atoms with Crippen LogP contribution in [0, 0.1) is 0 Å². The predicted molar refractivity (Wildman–Crippen MR) is 122 cm³/mol. The summed E-state index contributed by atoms with van der Waals surface area (Å²) in [6.45, 7) is 0. The molecule has 1 atom stereocenters. The number of hydrogen-bond acceptors (Lipinski definition) is 7. The molecule has 0 bridgehead atoms. The Labute approximate surface area is 194 Å². The fourth-order valence-corrected chi connectivity index (χ4v) is 4.17. The molecule has 4 amide bonds. The molecule has 1 aliphatic heterocycles. The van der Waals surface area contributed by atoms with Crippen molar-refractivity contribution in [3.05, 3.63) is 60.4 Å². The molecule has 11 heteroatoms. The lowest BCUT2D eigenvalue weighted by molar-refractivity contribution is -0.121. The first kappa shape index (κ1) is 22.3. The van der Waals surface area contributed by atoms with Crippen molar-refractivity contribution in [3.8, 4) is 11.4 Å². The van der Waals surface area contributed by atoms with Crippen LogP contribution >= 0.6 is 11.8 Å². The van der Waals surface area contributed by atoms with Crippen LogP contribution in [0.2, 0.25) is 0 Å². The number of urea groups is 1. The number of para-hydroxylation sites is 1. The molecule has 2 aromatic carbocycles. The van der Waals surface area contributed by atoms with Crippen molar-refractivity contribution in [2.45, 2.75) is 24.0 Å². The molecular formula is C22H22N6O4S. The van der Waals surface area contributed by atoms with E-state index in [-0.39, 0.29) is 24.0 Å². The molecule has 1 aliphatic rings. The van der Waals surface area contributed by atoms with Crippen molar-refractivity contribution in [1.29, 1.82) is 0 Å². The van der Waals surface area contributed by atoms with Crippen molar-refractivity contribution in [1.82, 2.24) is 25.4 Å². The zero-order valence-corrected chi connectivity index (χ0v) is 18.6. The van der Waals surface area contributed by atoms with E-state index >= 15 is 0 Å². The van der Waals surface area contributed by atoms with E-state index in [0.717, 1.165) is 5.69 Å². The minimum Gasteiger partial charge on any atom is -0.497 e. The lowest BCUT2D eigenvalue weighted by atomic mass is 10.1. The van der Waals surface area contributed by atoms with E-state index in [0.29, 0.717) is 28.8 Å². The molecule has 3 N–H and O–H groups in total. The Morgan fingerprint density at radius 3 is 2.76 bits per heavy atom. The zero-order chi connectivity index (χ0) is 23.2. The Kier molecular flexibility index (Phi) is 6.89. The molecule has 0 saturated carbocycles. The number of imide groups is 1. The number of benzene rings is 2. The van der Waals surface area contributed by atoms with Crippen molar-refractivity contribution in [3.63, 3.8) is 0 Å². The summed E-state index contributed by atoms with van der Waals surface area (Å²) < 4.78 is 7.15. The van der Waals surface area contributed by atoms with Crippen LogP contribution in [0.4, 0.5) is 10.5 Å². The Bertz CT molecular complexity index is 1150. The maximum atomic E-state index is 12.4. The number of nitrogens with zero attached hydrogens (tertiary/aromatic N) is 3. The van der Waals surface area contributed by atoms with Gasteiger partial charge in [0.1, 0.15) is 11.6 Å². The number of carbonyl (C=O) groups excluding carboxylic acids is 3. The molecule has 3 aromatic rings. The van der Waals surface area contributed by atoms with E-state index in [1.54, 1.807) is 7.11 Å². The third-order valence-electron chi connectivity index (χ3n) is 4.85. The summed E-state index contributed by atoms with van der Waals surface area (Å²) in [4.78, 5) is 35.9. The molecule has 2 heterocycles. The summed E-state index contributed by atoms with van der Waals surface area (Å²) in [7, 11) is 1.58. The van der Waals surface area contributed by atoms with E-state index in [1.165, 1.54) is 11.8 Å². The normalized spacial score (nSPS) is 15.5. The highest BCUT2D eigenvalue weighted by Gasteiger charge is 2.27. The van der Waals surface area contributed by atoms with Gasteiger partial charge in [0.2, 0.25) is 11.8 Å². The van der Waals surface area contributed by atoms with E-state index < -0.39 is 12.1 Å². The van der Waals surface area contributed by atoms with Crippen molar-refractivity contribution in [2.24, 2.45) is 0 Å². The van der Waals surface area contributed by atoms with Crippen LogP contribution in [0.25, 0.3) is 5.69 Å². The number of carbonyl (C=O) groups is 3. The number of aromatic nitrogens is 3. The molecule has 170 valence electrons. The molecule has 0 aliphatic carbocycles. The van der Waals surface area contributed by atoms with E-state index in [1.807, 2.05) is 59.2 Å². The molecule has 1 fully saturated rings. The Hall–Kier alpha value is -3.86. The third-order valence-corrected chi connectivity index (χ3v) is 5.78. The Morgan fingerprint density at radius 1 is 1.18 bits per heavy atom. The molecule has 1 aromatic heterocycles. The number of ether oxygens (including phenoxy) is 1. The van der Waals surface area contributed by atoms with Crippen molar-refractivity contribution >= 4 is 35.3 Å². The third kappa shape index (κ3) is 5.69. The molecular weight excluding hydrogens is 444 g/mol. The molecule has 1 saturated heterocycles. The fraction of sp³-hybridized carbons (Fsp3) is 0.227. The second-order valence-electron chi connectivity index (χ2n) is 7.27. The van der Waals surface area contributed by atoms with Gasteiger partial charge in [-0.15, -0.1) is 10.2 Å². The number of thioether (sulfide) groups is 1. The second-order valence-corrected chi connectivity index (χ2v) is 8.21. The highest BCUT2D eigenvalue weighted by Crippen LogP contribution is 2.26. The van der Waals surface area contributed by atoms with Gasteiger partial charge < -0.3 is 15.4 Å². The van der Waals surface area contributed by atoms with E-state index in [2.05, 4.69) is 26.1 Å². The van der Waals surface area contributed by atoms with Crippen molar-refractivity contribution < 1.29 is 19.1 Å². The number of methoxy groups -OCH3 is 1. The maximum absolute atomic E-state index is 12.4. The molecule has 4 rings (SSSR count). The topological polar surface area (TPSA) is 127 Å². The van der Waals surface area contributed by atoms with Gasteiger partial charge in [-0.2, -0.15) is 0 Å². The molecule has 1 unspecified atom stereocenters. The average molecular weight is 467 g/mol. The van der Waals surface area contributed by atoms with Crippen LogP contribution in [-0.4, -0.2) is 51.5 Å². The van der Waals surface area contributed by atoms with Crippen LogP contribution in [0.3, 0.4) is 0 Å². The molecule has 33 heavy (non-hydrogen) atoms. The van der Waals surface area contributed by atoms with Gasteiger partial charge in [-0.05, 0) is 24.3 Å². The summed E-state index contributed by atoms with van der Waals surface area (Å²) in [6.07, 6.45) is 0.429. The van der Waals surface area contributed by atoms with Crippen LogP contribution in [-0.2, 0) is 16.0 Å². The van der Waals surface area contributed by atoms with Gasteiger partial charge in [0.25, 0.3) is 0 Å². The van der Waals surface area contributed by atoms with Crippen molar-refractivity contribution in [2.75, 3.05) is 18.2 Å². The first-order valence-corrected chi connectivity index (χ1v) is 11.2. The summed E-state index contributed by atoms with van der Waals surface area (Å²) in [5.41, 5.74) is 1.45. The summed E-state index contributed by atoms with van der Waals surface area (Å²) >= 11 is 1.24. The van der Waals surface area contributed by atoms with Gasteiger partial charge in [-0.25, -0.2) is 4.79 Å². The highest BCUT2D eigenvalue weighted by molar-refractivity contribution is 7.99. The van der Waals surface area contributed by atoms with Gasteiger partial charge in [0.05, 0.1) is 18.6 Å². The minimum absolute atomic E-state index is 0.125. The quantitative estimate of drug-likeness (QED) is 0.434. The first-order valence-electron chi connectivity index (χ1n) is 10.2. The largest absolute Gasteiger partial charge is 0.497 e. The number of rotatable bonds is 8. The van der Waals surface area contributed by atoms with E-state index in [4.69, 9.17) is 4.74 Å². The number of anilines is 1. The number of hydrogen-bond donors (Lipinski definition) is 3. The SMILES string of the molecule is COc1cccc(-n2c(CC3CC(=O)NC(=O)N3)nnc2SCC(=O)Nc2ccccc2)c1.